The number of hydrogen-bond acceptors (Lipinski definition) is 4. The lowest BCUT2D eigenvalue weighted by Crippen LogP contribution is -2.54. The monoisotopic (exact) mass is 699 g/mol. The summed E-state index contributed by atoms with van der Waals surface area (Å²) in [6.45, 7) is 6.58. The molecule has 0 unspecified atom stereocenters. The Bertz CT molecular complexity index is 1800. The van der Waals surface area contributed by atoms with Gasteiger partial charge in [-0.15, -0.1) is 0 Å². The second-order valence-corrected chi connectivity index (χ2v) is 14.5. The molecule has 242 valence electrons. The molecule has 0 fully saturated rings. The fraction of sp³-hybridized carbons (Fsp3) is 0.257. The number of sulfonamides is 1. The Kier molecular flexibility index (Phi) is 11.8. The molecule has 4 rings (SSSR count). The minimum atomic E-state index is -4.25. The highest BCUT2D eigenvalue weighted by Gasteiger charge is 2.35. The van der Waals surface area contributed by atoms with E-state index < -0.39 is 28.5 Å². The number of nitrogens with one attached hydrogen (secondary N) is 1. The van der Waals surface area contributed by atoms with Gasteiger partial charge in [0.2, 0.25) is 11.8 Å². The van der Waals surface area contributed by atoms with Crippen LogP contribution in [0.1, 0.15) is 36.1 Å². The third kappa shape index (κ3) is 8.82. The summed E-state index contributed by atoms with van der Waals surface area (Å²) in [6.07, 6.45) is 0.182. The Hall–Kier alpha value is -3.56. The van der Waals surface area contributed by atoms with Gasteiger partial charge in [0.1, 0.15) is 12.6 Å². The standard InChI is InChI=1S/C35H36Cl3N3O4S/c1-23(2)39-35(43)33(19-26-8-6-5-7-9-26)40(21-27-12-13-29(37)20-31(27)38)34(42)22-41(32-17-14-28(36)18-25(32)4)46(44,45)30-15-10-24(3)11-16-30/h5-18,20,23,33H,19,21-22H2,1-4H3,(H,39,43)/t33-/m0/s1. The highest BCUT2D eigenvalue weighted by Crippen LogP contribution is 2.30. The summed E-state index contributed by atoms with van der Waals surface area (Å²) in [4.78, 5) is 29.8. The molecule has 4 aromatic rings. The number of carbonyl (C=O) groups excluding carboxylic acids is 2. The SMILES string of the molecule is Cc1ccc(S(=O)(=O)N(CC(=O)N(Cc2ccc(Cl)cc2Cl)[C@@H](Cc2ccccc2)C(=O)NC(C)C)c2ccc(Cl)cc2C)cc1. The van der Waals surface area contributed by atoms with Gasteiger partial charge in [-0.05, 0) is 86.8 Å². The van der Waals surface area contributed by atoms with E-state index in [2.05, 4.69) is 5.32 Å². The first-order valence-electron chi connectivity index (χ1n) is 14.7. The van der Waals surface area contributed by atoms with Gasteiger partial charge in [-0.1, -0.05) is 88.9 Å². The van der Waals surface area contributed by atoms with Gasteiger partial charge in [0, 0.05) is 34.1 Å². The van der Waals surface area contributed by atoms with E-state index in [1.54, 1.807) is 55.5 Å². The van der Waals surface area contributed by atoms with E-state index in [9.17, 15) is 18.0 Å². The summed E-state index contributed by atoms with van der Waals surface area (Å²) >= 11 is 19.0. The molecule has 11 heteroatoms. The first kappa shape index (κ1) is 35.3. The van der Waals surface area contributed by atoms with E-state index >= 15 is 0 Å². The minimum Gasteiger partial charge on any atom is -0.352 e. The number of anilines is 1. The van der Waals surface area contributed by atoms with Gasteiger partial charge < -0.3 is 10.2 Å². The van der Waals surface area contributed by atoms with Gasteiger partial charge in [-0.2, -0.15) is 0 Å². The number of nitrogens with zero attached hydrogens (tertiary/aromatic N) is 2. The molecule has 7 nitrogen and oxygen atoms in total. The molecular weight excluding hydrogens is 665 g/mol. The highest BCUT2D eigenvalue weighted by atomic mass is 35.5. The van der Waals surface area contributed by atoms with Crippen molar-refractivity contribution in [1.29, 1.82) is 0 Å². The first-order valence-corrected chi connectivity index (χ1v) is 17.3. The Morgan fingerprint density at radius 3 is 2.07 bits per heavy atom. The second-order valence-electron chi connectivity index (χ2n) is 11.4. The van der Waals surface area contributed by atoms with Crippen LogP contribution in [0.15, 0.2) is 95.9 Å². The van der Waals surface area contributed by atoms with Crippen LogP contribution < -0.4 is 9.62 Å². The molecule has 0 aromatic heterocycles. The fourth-order valence-electron chi connectivity index (χ4n) is 5.02. The zero-order valence-electron chi connectivity index (χ0n) is 26.0. The average molecular weight is 701 g/mol. The molecule has 0 radical (unpaired) electrons. The molecular formula is C35H36Cl3N3O4S. The molecule has 46 heavy (non-hydrogen) atoms. The van der Waals surface area contributed by atoms with Crippen LogP contribution in [0.3, 0.4) is 0 Å². The number of aryl methyl sites for hydroxylation is 2. The molecule has 0 spiro atoms. The maximum atomic E-state index is 14.6. The van der Waals surface area contributed by atoms with E-state index in [0.29, 0.717) is 26.2 Å². The van der Waals surface area contributed by atoms with Crippen molar-refractivity contribution in [1.82, 2.24) is 10.2 Å². The fourth-order valence-corrected chi connectivity index (χ4v) is 7.19. The average Bonchev–Trinajstić information content (AvgIpc) is 2.99. The molecule has 0 saturated carbocycles. The molecule has 0 aliphatic carbocycles. The lowest BCUT2D eigenvalue weighted by Gasteiger charge is -2.34. The van der Waals surface area contributed by atoms with E-state index in [1.807, 2.05) is 51.1 Å². The lowest BCUT2D eigenvalue weighted by molar-refractivity contribution is -0.140. The molecule has 1 atom stereocenters. The lowest BCUT2D eigenvalue weighted by atomic mass is 10.0. The van der Waals surface area contributed by atoms with Crippen molar-refractivity contribution in [3.05, 3.63) is 128 Å². The highest BCUT2D eigenvalue weighted by molar-refractivity contribution is 7.92. The van der Waals surface area contributed by atoms with Gasteiger partial charge in [-0.3, -0.25) is 13.9 Å². The van der Waals surface area contributed by atoms with E-state index in [-0.39, 0.29) is 35.5 Å². The van der Waals surface area contributed by atoms with Crippen LogP contribution in [0.4, 0.5) is 5.69 Å². The van der Waals surface area contributed by atoms with Crippen LogP contribution in [-0.4, -0.2) is 43.8 Å². The zero-order chi connectivity index (χ0) is 33.6. The third-order valence-electron chi connectivity index (χ3n) is 7.37. The van der Waals surface area contributed by atoms with Gasteiger partial charge >= 0.3 is 0 Å². The number of benzene rings is 4. The maximum Gasteiger partial charge on any atom is 0.264 e. The molecule has 0 heterocycles. The topological polar surface area (TPSA) is 86.8 Å². The number of halogens is 3. The molecule has 0 saturated heterocycles. The Labute approximate surface area is 286 Å². The third-order valence-corrected chi connectivity index (χ3v) is 9.97. The smallest absolute Gasteiger partial charge is 0.264 e. The van der Waals surface area contributed by atoms with Gasteiger partial charge in [0.25, 0.3) is 10.0 Å². The van der Waals surface area contributed by atoms with Crippen molar-refractivity contribution in [3.8, 4) is 0 Å². The first-order chi connectivity index (χ1) is 21.8. The van der Waals surface area contributed by atoms with Crippen LogP contribution in [0, 0.1) is 13.8 Å². The Morgan fingerprint density at radius 1 is 0.826 bits per heavy atom. The predicted octanol–water partition coefficient (Wildman–Crippen LogP) is 7.62. The predicted molar refractivity (Wildman–Crippen MR) is 186 cm³/mol. The molecule has 0 aliphatic rings. The number of rotatable bonds is 12. The summed E-state index contributed by atoms with van der Waals surface area (Å²) in [5.74, 6) is -0.983. The van der Waals surface area contributed by atoms with Crippen molar-refractivity contribution in [2.45, 2.75) is 57.6 Å². The summed E-state index contributed by atoms with van der Waals surface area (Å²) in [5, 5.41) is 4.09. The van der Waals surface area contributed by atoms with Gasteiger partial charge in [-0.25, -0.2) is 8.42 Å². The van der Waals surface area contributed by atoms with Crippen molar-refractivity contribution in [3.63, 3.8) is 0 Å². The van der Waals surface area contributed by atoms with E-state index in [1.165, 1.54) is 17.0 Å². The summed E-state index contributed by atoms with van der Waals surface area (Å²) in [7, 11) is -4.25. The van der Waals surface area contributed by atoms with Crippen LogP contribution in [0.2, 0.25) is 15.1 Å². The molecule has 1 N–H and O–H groups in total. The Morgan fingerprint density at radius 2 is 1.46 bits per heavy atom. The van der Waals surface area contributed by atoms with Crippen molar-refractivity contribution in [2.24, 2.45) is 0 Å². The van der Waals surface area contributed by atoms with Crippen LogP contribution in [0.5, 0.6) is 0 Å². The zero-order valence-corrected chi connectivity index (χ0v) is 29.1. The van der Waals surface area contributed by atoms with Crippen LogP contribution in [0.25, 0.3) is 0 Å². The van der Waals surface area contributed by atoms with Crippen LogP contribution in [-0.2, 0) is 32.6 Å². The van der Waals surface area contributed by atoms with Crippen molar-refractivity contribution >= 4 is 62.3 Å². The van der Waals surface area contributed by atoms with Crippen molar-refractivity contribution in [2.75, 3.05) is 10.8 Å². The van der Waals surface area contributed by atoms with Crippen molar-refractivity contribution < 1.29 is 18.0 Å². The Balaban J connectivity index is 1.85. The maximum absolute atomic E-state index is 14.6. The van der Waals surface area contributed by atoms with E-state index in [0.717, 1.165) is 15.4 Å². The van der Waals surface area contributed by atoms with E-state index in [4.69, 9.17) is 34.8 Å². The summed E-state index contributed by atoms with van der Waals surface area (Å²) in [6, 6.07) is 24.2. The van der Waals surface area contributed by atoms with Gasteiger partial charge in [0.15, 0.2) is 0 Å². The minimum absolute atomic E-state index is 0.0194. The number of carbonyl (C=O) groups is 2. The summed E-state index contributed by atoms with van der Waals surface area (Å²) in [5.41, 5.74) is 3.10. The normalized spacial score (nSPS) is 12.1. The van der Waals surface area contributed by atoms with Gasteiger partial charge in [0.05, 0.1) is 10.6 Å². The quantitative estimate of drug-likeness (QED) is 0.165. The molecule has 0 bridgehead atoms. The molecule has 4 aromatic carbocycles. The largest absolute Gasteiger partial charge is 0.352 e. The molecule has 2 amide bonds. The molecule has 0 aliphatic heterocycles. The van der Waals surface area contributed by atoms with Crippen LogP contribution >= 0.6 is 34.8 Å². The summed E-state index contributed by atoms with van der Waals surface area (Å²) < 4.78 is 29.5. The number of hydrogen-bond donors (Lipinski definition) is 1. The number of amides is 2. The second kappa shape index (κ2) is 15.4.